The Morgan fingerprint density at radius 2 is 1.66 bits per heavy atom. The number of nitrogens with zero attached hydrogens (tertiary/aromatic N) is 1. The number of carboxylic acid groups (broad SMARTS) is 1. The summed E-state index contributed by atoms with van der Waals surface area (Å²) < 4.78 is 0. The number of thioether (sulfide) groups is 1. The number of hydrogen-bond donors (Lipinski definition) is 3. The summed E-state index contributed by atoms with van der Waals surface area (Å²) in [5.41, 5.74) is 1.78. The van der Waals surface area contributed by atoms with Gasteiger partial charge in [0, 0.05) is 30.5 Å². The predicted molar refractivity (Wildman–Crippen MR) is 133 cm³/mol. The number of anilines is 1. The monoisotopic (exact) mass is 505 g/mol. The first kappa shape index (κ1) is 28.4. The molecular formula is C22H33Cl2N3O4S. The van der Waals surface area contributed by atoms with E-state index in [0.717, 1.165) is 11.3 Å². The van der Waals surface area contributed by atoms with Crippen LogP contribution in [0.5, 0.6) is 0 Å². The average Bonchev–Trinajstić information content (AvgIpc) is 2.74. The van der Waals surface area contributed by atoms with Crippen molar-refractivity contribution in [3.8, 4) is 0 Å². The zero-order valence-electron chi connectivity index (χ0n) is 18.8. The Morgan fingerprint density at radius 3 is 2.12 bits per heavy atom. The zero-order chi connectivity index (χ0) is 24.1. The maximum Gasteiger partial charge on any atom is 0.326 e. The van der Waals surface area contributed by atoms with Gasteiger partial charge in [0.25, 0.3) is 0 Å². The second-order valence-electron chi connectivity index (χ2n) is 7.68. The molecule has 3 N–H and O–H groups in total. The average molecular weight is 506 g/mol. The third-order valence-corrected chi connectivity index (χ3v) is 5.85. The molecule has 0 radical (unpaired) electrons. The summed E-state index contributed by atoms with van der Waals surface area (Å²) in [6, 6.07) is 5.76. The van der Waals surface area contributed by atoms with Crippen LogP contribution >= 0.6 is 35.0 Å². The van der Waals surface area contributed by atoms with Crippen LogP contribution in [0.4, 0.5) is 5.69 Å². The molecular weight excluding hydrogens is 473 g/mol. The number of carbonyl (C=O) groups excluding carboxylic acids is 2. The Labute approximate surface area is 204 Å². The summed E-state index contributed by atoms with van der Waals surface area (Å²) in [6.45, 7) is 4.79. The van der Waals surface area contributed by atoms with Gasteiger partial charge in [-0.2, -0.15) is 11.8 Å². The normalized spacial score (nSPS) is 12.8. The van der Waals surface area contributed by atoms with Crippen LogP contribution in [0.2, 0.25) is 0 Å². The van der Waals surface area contributed by atoms with Gasteiger partial charge in [-0.3, -0.25) is 9.59 Å². The first-order chi connectivity index (χ1) is 15.2. The quantitative estimate of drug-likeness (QED) is 0.317. The molecule has 0 aliphatic heterocycles. The molecule has 0 heterocycles. The highest BCUT2D eigenvalue weighted by molar-refractivity contribution is 7.98. The Morgan fingerprint density at radius 1 is 1.06 bits per heavy atom. The van der Waals surface area contributed by atoms with E-state index < -0.39 is 24.0 Å². The van der Waals surface area contributed by atoms with Crippen molar-refractivity contribution in [2.45, 2.75) is 38.8 Å². The van der Waals surface area contributed by atoms with E-state index in [-0.39, 0.29) is 18.2 Å². The van der Waals surface area contributed by atoms with Crippen LogP contribution in [0, 0.1) is 5.92 Å². The molecule has 0 bridgehead atoms. The fraction of sp³-hybridized carbons (Fsp3) is 0.591. The molecule has 7 nitrogen and oxygen atoms in total. The first-order valence-corrected chi connectivity index (χ1v) is 13.0. The Kier molecular flexibility index (Phi) is 13.5. The van der Waals surface area contributed by atoms with Gasteiger partial charge in [-0.25, -0.2) is 4.79 Å². The maximum absolute atomic E-state index is 12.7. The summed E-state index contributed by atoms with van der Waals surface area (Å²) in [7, 11) is 0. The van der Waals surface area contributed by atoms with Crippen LogP contribution < -0.4 is 15.5 Å². The second kappa shape index (κ2) is 15.2. The van der Waals surface area contributed by atoms with Crippen molar-refractivity contribution in [2.75, 3.05) is 41.8 Å². The van der Waals surface area contributed by atoms with Crippen LogP contribution in [0.3, 0.4) is 0 Å². The number of benzene rings is 1. The molecule has 2 amide bonds. The molecule has 180 valence electrons. The van der Waals surface area contributed by atoms with E-state index in [1.807, 2.05) is 30.5 Å². The van der Waals surface area contributed by atoms with E-state index in [0.29, 0.717) is 37.0 Å². The van der Waals surface area contributed by atoms with E-state index >= 15 is 0 Å². The minimum Gasteiger partial charge on any atom is -0.480 e. The smallest absolute Gasteiger partial charge is 0.326 e. The van der Waals surface area contributed by atoms with Crippen LogP contribution in [0.15, 0.2) is 24.3 Å². The molecule has 0 saturated carbocycles. The van der Waals surface area contributed by atoms with E-state index in [1.54, 1.807) is 25.6 Å². The summed E-state index contributed by atoms with van der Waals surface area (Å²) in [4.78, 5) is 38.8. The number of nitrogens with one attached hydrogen (secondary N) is 2. The molecule has 1 aromatic rings. The van der Waals surface area contributed by atoms with Crippen molar-refractivity contribution < 1.29 is 19.5 Å². The lowest BCUT2D eigenvalue weighted by Crippen LogP contribution is -2.53. The molecule has 0 unspecified atom stereocenters. The van der Waals surface area contributed by atoms with Crippen molar-refractivity contribution in [1.29, 1.82) is 0 Å². The minimum absolute atomic E-state index is 0.112. The van der Waals surface area contributed by atoms with Gasteiger partial charge >= 0.3 is 5.97 Å². The van der Waals surface area contributed by atoms with Gasteiger partial charge in [0.15, 0.2) is 0 Å². The number of halogens is 2. The van der Waals surface area contributed by atoms with E-state index in [9.17, 15) is 19.5 Å². The molecule has 0 aliphatic carbocycles. The summed E-state index contributed by atoms with van der Waals surface area (Å²) in [5, 5.41) is 14.6. The SMILES string of the molecule is CSCC[C@H](NC(=O)Cc1ccc(N(CCCl)CCCl)cc1)C(=O)N[C@@H](C(=O)O)C(C)C. The number of amides is 2. The van der Waals surface area contributed by atoms with E-state index in [4.69, 9.17) is 23.2 Å². The highest BCUT2D eigenvalue weighted by Gasteiger charge is 2.28. The number of rotatable bonds is 15. The lowest BCUT2D eigenvalue weighted by Gasteiger charge is -2.24. The molecule has 0 spiro atoms. The van der Waals surface area contributed by atoms with E-state index in [2.05, 4.69) is 15.5 Å². The molecule has 1 aromatic carbocycles. The van der Waals surface area contributed by atoms with Gasteiger partial charge in [-0.15, -0.1) is 23.2 Å². The number of hydrogen-bond acceptors (Lipinski definition) is 5. The fourth-order valence-corrected chi connectivity index (χ4v) is 3.98. The van der Waals surface area contributed by atoms with Crippen LogP contribution in [0.1, 0.15) is 25.8 Å². The Balaban J connectivity index is 2.79. The number of carbonyl (C=O) groups is 3. The molecule has 0 fully saturated rings. The van der Waals surface area contributed by atoms with Crippen molar-refractivity contribution in [3.05, 3.63) is 29.8 Å². The number of carboxylic acids is 1. The largest absolute Gasteiger partial charge is 0.480 e. The van der Waals surface area contributed by atoms with Crippen molar-refractivity contribution in [1.82, 2.24) is 10.6 Å². The van der Waals surface area contributed by atoms with Crippen LogP contribution in [-0.2, 0) is 20.8 Å². The molecule has 1 rings (SSSR count). The van der Waals surface area contributed by atoms with Gasteiger partial charge < -0.3 is 20.6 Å². The van der Waals surface area contributed by atoms with Gasteiger partial charge in [-0.1, -0.05) is 26.0 Å². The first-order valence-electron chi connectivity index (χ1n) is 10.5. The highest BCUT2D eigenvalue weighted by Crippen LogP contribution is 2.16. The van der Waals surface area contributed by atoms with Crippen LogP contribution in [0.25, 0.3) is 0 Å². The van der Waals surface area contributed by atoms with Gasteiger partial charge in [0.2, 0.25) is 11.8 Å². The summed E-state index contributed by atoms with van der Waals surface area (Å²) >= 11 is 13.3. The van der Waals surface area contributed by atoms with Crippen LogP contribution in [-0.4, -0.2) is 71.8 Å². The van der Waals surface area contributed by atoms with Gasteiger partial charge in [0.05, 0.1) is 6.42 Å². The lowest BCUT2D eigenvalue weighted by atomic mass is 10.0. The fourth-order valence-electron chi connectivity index (χ4n) is 3.10. The molecule has 0 aromatic heterocycles. The Bertz CT molecular complexity index is 728. The third kappa shape index (κ3) is 9.88. The second-order valence-corrected chi connectivity index (χ2v) is 9.42. The predicted octanol–water partition coefficient (Wildman–Crippen LogP) is 2.98. The van der Waals surface area contributed by atoms with Gasteiger partial charge in [-0.05, 0) is 42.0 Å². The number of aliphatic carboxylic acids is 1. The molecule has 0 aliphatic rings. The molecule has 32 heavy (non-hydrogen) atoms. The summed E-state index contributed by atoms with van der Waals surface area (Å²) in [5.74, 6) is -0.524. The third-order valence-electron chi connectivity index (χ3n) is 4.87. The molecule has 0 saturated heterocycles. The maximum atomic E-state index is 12.7. The lowest BCUT2D eigenvalue weighted by molar-refractivity contribution is -0.143. The molecule has 10 heteroatoms. The van der Waals surface area contributed by atoms with E-state index in [1.165, 1.54) is 0 Å². The van der Waals surface area contributed by atoms with Crippen molar-refractivity contribution in [2.24, 2.45) is 5.92 Å². The topological polar surface area (TPSA) is 98.7 Å². The van der Waals surface area contributed by atoms with Gasteiger partial charge in [0.1, 0.15) is 12.1 Å². The highest BCUT2D eigenvalue weighted by atomic mass is 35.5. The minimum atomic E-state index is -1.10. The number of alkyl halides is 2. The molecule has 2 atom stereocenters. The van der Waals surface area contributed by atoms with Crippen molar-refractivity contribution >= 4 is 58.4 Å². The zero-order valence-corrected chi connectivity index (χ0v) is 21.1. The standard InChI is InChI=1S/C22H33Cl2N3O4S/c1-15(2)20(22(30)31)26-21(29)18(8-13-32-3)25-19(28)14-16-4-6-17(7-5-16)27(11-9-23)12-10-24/h4-7,15,18,20H,8-14H2,1-3H3,(H,25,28)(H,26,29)(H,30,31)/t18-,20+/m0/s1. The Hall–Kier alpha value is -1.64. The van der Waals surface area contributed by atoms with Crippen molar-refractivity contribution in [3.63, 3.8) is 0 Å². The summed E-state index contributed by atoms with van der Waals surface area (Å²) in [6.07, 6.45) is 2.43.